The van der Waals surface area contributed by atoms with Crippen molar-refractivity contribution in [1.82, 2.24) is 18.8 Å². The number of piperidine rings is 1. The Bertz CT molecular complexity index is 849. The van der Waals surface area contributed by atoms with Crippen LogP contribution >= 0.6 is 0 Å². The van der Waals surface area contributed by atoms with Crippen molar-refractivity contribution in [3.8, 4) is 11.4 Å². The highest BCUT2D eigenvalue weighted by Gasteiger charge is 2.32. The number of nitrogens with zero attached hydrogens (tertiary/aromatic N) is 5. The van der Waals surface area contributed by atoms with Crippen LogP contribution in [-0.4, -0.2) is 66.4 Å². The van der Waals surface area contributed by atoms with E-state index in [4.69, 9.17) is 4.52 Å². The maximum absolute atomic E-state index is 12.9. The lowest BCUT2D eigenvalue weighted by molar-refractivity contribution is 0.307. The molecule has 0 unspecified atom stereocenters. The van der Waals surface area contributed by atoms with Crippen LogP contribution in [0.4, 0.5) is 6.01 Å². The molecule has 8 nitrogen and oxygen atoms in total. The molecule has 0 aliphatic carbocycles. The Morgan fingerprint density at radius 1 is 0.815 bits per heavy atom. The Kier molecular flexibility index (Phi) is 5.42. The highest BCUT2D eigenvalue weighted by molar-refractivity contribution is 7.86. The molecule has 0 atom stereocenters. The minimum Gasteiger partial charge on any atom is -0.323 e. The van der Waals surface area contributed by atoms with Crippen molar-refractivity contribution in [2.45, 2.75) is 25.7 Å². The third-order valence-corrected chi connectivity index (χ3v) is 7.18. The summed E-state index contributed by atoms with van der Waals surface area (Å²) in [5.41, 5.74) is 0.900. The van der Waals surface area contributed by atoms with Crippen LogP contribution in [-0.2, 0) is 10.2 Å². The molecule has 1 aromatic heterocycles. The summed E-state index contributed by atoms with van der Waals surface area (Å²) in [7, 11) is -3.38. The Balaban J connectivity index is 1.44. The van der Waals surface area contributed by atoms with Crippen molar-refractivity contribution in [2.75, 3.05) is 44.2 Å². The average Bonchev–Trinajstić information content (AvgIpc) is 3.07. The highest BCUT2D eigenvalue weighted by Crippen LogP contribution is 2.22. The van der Waals surface area contributed by atoms with Gasteiger partial charge in [-0.3, -0.25) is 0 Å². The van der Waals surface area contributed by atoms with Gasteiger partial charge in [-0.1, -0.05) is 41.9 Å². The third-order valence-electron chi connectivity index (χ3n) is 5.14. The molecule has 1 aromatic carbocycles. The number of rotatable bonds is 4. The van der Waals surface area contributed by atoms with Crippen molar-refractivity contribution >= 4 is 16.2 Å². The quantitative estimate of drug-likeness (QED) is 0.793. The van der Waals surface area contributed by atoms with Gasteiger partial charge in [-0.2, -0.15) is 22.0 Å². The van der Waals surface area contributed by atoms with Crippen LogP contribution in [0.3, 0.4) is 0 Å². The fourth-order valence-electron chi connectivity index (χ4n) is 3.62. The summed E-state index contributed by atoms with van der Waals surface area (Å²) in [5.74, 6) is 0.549. The summed E-state index contributed by atoms with van der Waals surface area (Å²) in [6, 6.07) is 10.1. The van der Waals surface area contributed by atoms with Crippen LogP contribution in [0.15, 0.2) is 34.9 Å². The van der Waals surface area contributed by atoms with Crippen LogP contribution in [0.25, 0.3) is 11.4 Å². The lowest BCUT2D eigenvalue weighted by Gasteiger charge is -2.31. The largest absolute Gasteiger partial charge is 0.324 e. The maximum atomic E-state index is 12.9. The van der Waals surface area contributed by atoms with Crippen LogP contribution in [0.5, 0.6) is 0 Å². The number of hydrogen-bond acceptors (Lipinski definition) is 6. The fraction of sp³-hybridized carbons (Fsp3) is 0.556. The van der Waals surface area contributed by atoms with Crippen LogP contribution in [0.1, 0.15) is 25.7 Å². The number of aromatic nitrogens is 2. The summed E-state index contributed by atoms with van der Waals surface area (Å²) in [6.45, 7) is 3.46. The maximum Gasteiger partial charge on any atom is 0.324 e. The summed E-state index contributed by atoms with van der Waals surface area (Å²) < 4.78 is 34.5. The lowest BCUT2D eigenvalue weighted by atomic mass is 10.2. The van der Waals surface area contributed by atoms with Crippen LogP contribution in [0.2, 0.25) is 0 Å². The van der Waals surface area contributed by atoms with Gasteiger partial charge in [0.25, 0.3) is 10.2 Å². The number of benzene rings is 1. The molecule has 4 rings (SSSR count). The summed E-state index contributed by atoms with van der Waals surface area (Å²) >= 11 is 0. The Labute approximate surface area is 159 Å². The van der Waals surface area contributed by atoms with Crippen molar-refractivity contribution in [3.63, 3.8) is 0 Å². The fourth-order valence-corrected chi connectivity index (χ4v) is 5.34. The molecule has 2 aliphatic rings. The third kappa shape index (κ3) is 3.99. The summed E-state index contributed by atoms with van der Waals surface area (Å²) in [4.78, 5) is 6.47. The van der Waals surface area contributed by atoms with Gasteiger partial charge in [-0.15, -0.1) is 0 Å². The molecule has 3 heterocycles. The predicted molar refractivity (Wildman–Crippen MR) is 102 cm³/mol. The Morgan fingerprint density at radius 2 is 1.52 bits per heavy atom. The molecule has 0 radical (unpaired) electrons. The first-order valence-corrected chi connectivity index (χ1v) is 10.9. The van der Waals surface area contributed by atoms with Crippen LogP contribution < -0.4 is 4.90 Å². The second-order valence-electron chi connectivity index (χ2n) is 6.97. The molecular weight excluding hydrogens is 366 g/mol. The predicted octanol–water partition coefficient (Wildman–Crippen LogP) is 1.98. The van der Waals surface area contributed by atoms with E-state index in [1.54, 1.807) is 8.61 Å². The molecule has 2 aromatic rings. The molecule has 2 aliphatic heterocycles. The van der Waals surface area contributed by atoms with Crippen LogP contribution in [0, 0.1) is 0 Å². The van der Waals surface area contributed by atoms with E-state index in [0.717, 1.165) is 31.2 Å². The van der Waals surface area contributed by atoms with E-state index in [1.807, 2.05) is 35.2 Å². The molecular formula is C18H25N5O3S. The zero-order chi connectivity index (χ0) is 18.7. The first kappa shape index (κ1) is 18.4. The van der Waals surface area contributed by atoms with E-state index in [-0.39, 0.29) is 0 Å². The molecule has 27 heavy (non-hydrogen) atoms. The van der Waals surface area contributed by atoms with E-state index in [9.17, 15) is 8.42 Å². The molecule has 146 valence electrons. The van der Waals surface area contributed by atoms with Crippen molar-refractivity contribution in [2.24, 2.45) is 0 Å². The van der Waals surface area contributed by atoms with Gasteiger partial charge in [0.15, 0.2) is 0 Å². The van der Waals surface area contributed by atoms with Gasteiger partial charge in [-0.05, 0) is 19.3 Å². The first-order chi connectivity index (χ1) is 13.1. The van der Waals surface area contributed by atoms with Gasteiger partial charge in [0.05, 0.1) is 0 Å². The molecule has 2 saturated heterocycles. The normalized spacial score (nSPS) is 20.5. The molecule has 0 bridgehead atoms. The van der Waals surface area contributed by atoms with Gasteiger partial charge in [0, 0.05) is 44.8 Å². The average molecular weight is 391 g/mol. The van der Waals surface area contributed by atoms with Gasteiger partial charge in [-0.25, -0.2) is 0 Å². The van der Waals surface area contributed by atoms with Gasteiger partial charge < -0.3 is 9.42 Å². The van der Waals surface area contributed by atoms with E-state index < -0.39 is 10.2 Å². The van der Waals surface area contributed by atoms with Gasteiger partial charge in [0.2, 0.25) is 5.82 Å². The zero-order valence-electron chi connectivity index (χ0n) is 15.3. The van der Waals surface area contributed by atoms with E-state index in [2.05, 4.69) is 10.1 Å². The summed E-state index contributed by atoms with van der Waals surface area (Å²) in [6.07, 6.45) is 3.74. The molecule has 0 N–H and O–H groups in total. The molecule has 0 saturated carbocycles. The van der Waals surface area contributed by atoms with E-state index in [1.165, 1.54) is 0 Å². The minimum atomic E-state index is -3.38. The van der Waals surface area contributed by atoms with Crippen molar-refractivity contribution in [1.29, 1.82) is 0 Å². The first-order valence-electron chi connectivity index (χ1n) is 9.54. The molecule has 0 amide bonds. The SMILES string of the molecule is O=S(=O)(N1CCCCC1)N1CCCN(c2nc(-c3ccccc3)no2)CC1. The number of hydrogen-bond donors (Lipinski definition) is 0. The molecule has 2 fully saturated rings. The molecule has 9 heteroatoms. The Morgan fingerprint density at radius 3 is 2.30 bits per heavy atom. The monoisotopic (exact) mass is 391 g/mol. The number of anilines is 1. The lowest BCUT2D eigenvalue weighted by Crippen LogP contribution is -2.47. The minimum absolute atomic E-state index is 0.432. The highest BCUT2D eigenvalue weighted by atomic mass is 32.2. The van der Waals surface area contributed by atoms with Crippen molar-refractivity contribution < 1.29 is 12.9 Å². The second kappa shape index (κ2) is 7.95. The zero-order valence-corrected chi connectivity index (χ0v) is 16.1. The topological polar surface area (TPSA) is 82.8 Å². The smallest absolute Gasteiger partial charge is 0.323 e. The van der Waals surface area contributed by atoms with E-state index in [0.29, 0.717) is 51.1 Å². The standard InChI is InChI=1S/C18H25N5O3S/c24-27(25,22-11-5-2-6-12-22)23-13-7-10-21(14-15-23)18-19-17(20-26-18)16-8-3-1-4-9-16/h1,3-4,8-9H,2,5-7,10-15H2. The van der Waals surface area contributed by atoms with E-state index >= 15 is 0 Å². The van der Waals surface area contributed by atoms with Gasteiger partial charge in [0.1, 0.15) is 0 Å². The van der Waals surface area contributed by atoms with Gasteiger partial charge >= 0.3 is 6.01 Å². The summed E-state index contributed by atoms with van der Waals surface area (Å²) in [5, 5.41) is 4.07. The second-order valence-corrected chi connectivity index (χ2v) is 8.90. The van der Waals surface area contributed by atoms with Crippen molar-refractivity contribution in [3.05, 3.63) is 30.3 Å². The molecule has 0 spiro atoms. The Hall–Kier alpha value is -1.97.